The zero-order chi connectivity index (χ0) is 22.1. The number of piperidine rings is 1. The number of fused-ring (bicyclic) bond motifs is 1. The zero-order valence-corrected chi connectivity index (χ0v) is 17.8. The molecule has 0 radical (unpaired) electrons. The molecule has 0 saturated carbocycles. The van der Waals surface area contributed by atoms with Gasteiger partial charge in [0.05, 0.1) is 0 Å². The number of carbonyl (C=O) groups excluding carboxylic acids is 1. The van der Waals surface area contributed by atoms with Gasteiger partial charge in [-0.15, -0.1) is 0 Å². The summed E-state index contributed by atoms with van der Waals surface area (Å²) in [7, 11) is 0. The lowest BCUT2D eigenvalue weighted by Gasteiger charge is -2.37. The van der Waals surface area contributed by atoms with E-state index in [1.54, 1.807) is 43.2 Å². The molecule has 0 amide bonds. The minimum Gasteiger partial charge on any atom is -0.462 e. The Kier molecular flexibility index (Phi) is 5.36. The monoisotopic (exact) mass is 428 g/mol. The van der Waals surface area contributed by atoms with Crippen molar-refractivity contribution >= 4 is 22.6 Å². The molecule has 162 valence electrons. The fourth-order valence-corrected chi connectivity index (χ4v) is 4.44. The van der Waals surface area contributed by atoms with E-state index in [2.05, 4.69) is 31.8 Å². The smallest absolute Gasteiger partial charge is 0.185 e. The summed E-state index contributed by atoms with van der Waals surface area (Å²) < 4.78 is 5.62. The van der Waals surface area contributed by atoms with Crippen LogP contribution in [0.2, 0.25) is 0 Å². The van der Waals surface area contributed by atoms with E-state index >= 15 is 0 Å². The normalized spacial score (nSPS) is 18.8. The van der Waals surface area contributed by atoms with Crippen LogP contribution < -0.4 is 10.6 Å². The Morgan fingerprint density at radius 1 is 1.16 bits per heavy atom. The number of nitrogens with zero attached hydrogens (tertiary/aromatic N) is 5. The predicted molar refractivity (Wildman–Crippen MR) is 121 cm³/mol. The molecule has 2 N–H and O–H groups in total. The fourth-order valence-electron chi connectivity index (χ4n) is 4.44. The van der Waals surface area contributed by atoms with Crippen LogP contribution in [0.1, 0.15) is 29.4 Å². The van der Waals surface area contributed by atoms with E-state index < -0.39 is 0 Å². The molecule has 2 atom stereocenters. The molecule has 8 heteroatoms. The van der Waals surface area contributed by atoms with Gasteiger partial charge in [0.25, 0.3) is 0 Å². The molecular weight excluding hydrogens is 404 g/mol. The first-order valence-corrected chi connectivity index (χ1v) is 10.7. The van der Waals surface area contributed by atoms with E-state index in [0.29, 0.717) is 22.7 Å². The highest BCUT2D eigenvalue weighted by molar-refractivity contribution is 6.00. The lowest BCUT2D eigenvalue weighted by Crippen LogP contribution is -2.46. The molecule has 0 aliphatic carbocycles. The largest absolute Gasteiger partial charge is 0.462 e. The second-order valence-corrected chi connectivity index (χ2v) is 8.43. The molecular formula is C24H24N6O2. The van der Waals surface area contributed by atoms with Crippen molar-refractivity contribution in [3.8, 4) is 11.1 Å². The molecule has 5 rings (SSSR count). The number of aromatic nitrogens is 4. The predicted octanol–water partition coefficient (Wildman–Crippen LogP) is 3.28. The number of pyridine rings is 2. The Labute approximate surface area is 185 Å². The van der Waals surface area contributed by atoms with Gasteiger partial charge in [-0.1, -0.05) is 6.92 Å². The topological polar surface area (TPSA) is 111 Å². The van der Waals surface area contributed by atoms with Gasteiger partial charge in [-0.05, 0) is 30.5 Å². The van der Waals surface area contributed by atoms with E-state index in [1.165, 1.54) is 6.33 Å². The second-order valence-electron chi connectivity index (χ2n) is 8.43. The van der Waals surface area contributed by atoms with Gasteiger partial charge in [-0.3, -0.25) is 9.78 Å². The van der Waals surface area contributed by atoms with Gasteiger partial charge < -0.3 is 15.1 Å². The number of rotatable bonds is 5. The molecule has 1 saturated heterocycles. The molecule has 0 unspecified atom stereocenters. The van der Waals surface area contributed by atoms with E-state index in [-0.39, 0.29) is 18.2 Å². The molecule has 1 fully saturated rings. The van der Waals surface area contributed by atoms with Crippen molar-refractivity contribution in [1.29, 1.82) is 0 Å². The van der Waals surface area contributed by atoms with Gasteiger partial charge in [-0.2, -0.15) is 0 Å². The molecule has 1 aliphatic heterocycles. The average Bonchev–Trinajstić information content (AvgIpc) is 3.22. The summed E-state index contributed by atoms with van der Waals surface area (Å²) in [5, 5.41) is 0. The van der Waals surface area contributed by atoms with Crippen LogP contribution in [0.3, 0.4) is 0 Å². The number of furan rings is 1. The van der Waals surface area contributed by atoms with Crippen molar-refractivity contribution in [3.63, 3.8) is 0 Å². The maximum absolute atomic E-state index is 13.2. The Bertz CT molecular complexity index is 1250. The minimum atomic E-state index is -0.0769. The molecule has 0 bridgehead atoms. The van der Waals surface area contributed by atoms with Gasteiger partial charge in [0.1, 0.15) is 23.8 Å². The number of carbonyl (C=O) groups is 1. The summed E-state index contributed by atoms with van der Waals surface area (Å²) in [4.78, 5) is 32.5. The molecule has 4 aromatic heterocycles. The summed E-state index contributed by atoms with van der Waals surface area (Å²) in [6.45, 7) is 3.90. The van der Waals surface area contributed by atoms with Crippen LogP contribution in [0.25, 0.3) is 22.2 Å². The molecule has 8 nitrogen and oxygen atoms in total. The van der Waals surface area contributed by atoms with E-state index in [0.717, 1.165) is 41.9 Å². The lowest BCUT2D eigenvalue weighted by molar-refractivity contribution is 0.0988. The molecule has 5 heterocycles. The number of hydrogen-bond acceptors (Lipinski definition) is 8. The zero-order valence-electron chi connectivity index (χ0n) is 17.8. The van der Waals surface area contributed by atoms with Gasteiger partial charge in [-0.25, -0.2) is 15.0 Å². The van der Waals surface area contributed by atoms with E-state index in [1.807, 2.05) is 6.07 Å². The molecule has 1 aliphatic rings. The first-order chi connectivity index (χ1) is 15.6. The minimum absolute atomic E-state index is 0.0769. The van der Waals surface area contributed by atoms with Crippen molar-refractivity contribution in [3.05, 3.63) is 66.8 Å². The van der Waals surface area contributed by atoms with Crippen LogP contribution >= 0.6 is 0 Å². The number of hydrogen-bond donors (Lipinski definition) is 1. The van der Waals surface area contributed by atoms with Crippen LogP contribution in [-0.2, 0) is 6.42 Å². The Balaban J connectivity index is 1.44. The van der Waals surface area contributed by atoms with Gasteiger partial charge in [0.2, 0.25) is 0 Å². The van der Waals surface area contributed by atoms with Gasteiger partial charge >= 0.3 is 0 Å². The first kappa shape index (κ1) is 20.3. The molecule has 32 heavy (non-hydrogen) atoms. The van der Waals surface area contributed by atoms with Crippen LogP contribution in [0.5, 0.6) is 0 Å². The highest BCUT2D eigenvalue weighted by atomic mass is 16.3. The van der Waals surface area contributed by atoms with Crippen molar-refractivity contribution in [2.75, 3.05) is 18.0 Å². The number of Topliss-reactive ketones (excluding diaryl/α,β-unsaturated/α-hetero) is 1. The van der Waals surface area contributed by atoms with Crippen molar-refractivity contribution in [2.45, 2.75) is 25.8 Å². The van der Waals surface area contributed by atoms with Crippen molar-refractivity contribution < 1.29 is 9.21 Å². The Hall–Kier alpha value is -3.65. The van der Waals surface area contributed by atoms with E-state index in [4.69, 9.17) is 10.2 Å². The molecule has 4 aromatic rings. The number of ketones is 1. The highest BCUT2D eigenvalue weighted by Crippen LogP contribution is 2.30. The maximum Gasteiger partial charge on any atom is 0.185 e. The summed E-state index contributed by atoms with van der Waals surface area (Å²) in [5.74, 6) is 0.424. The average molecular weight is 428 g/mol. The third-order valence-corrected chi connectivity index (χ3v) is 5.84. The van der Waals surface area contributed by atoms with Gasteiger partial charge in [0, 0.05) is 72.7 Å². The highest BCUT2D eigenvalue weighted by Gasteiger charge is 2.25. The third kappa shape index (κ3) is 3.97. The summed E-state index contributed by atoms with van der Waals surface area (Å²) in [6, 6.07) is 5.57. The number of anilines is 1. The summed E-state index contributed by atoms with van der Waals surface area (Å²) in [6.07, 6.45) is 11.2. The summed E-state index contributed by atoms with van der Waals surface area (Å²) >= 11 is 0. The number of nitrogens with two attached hydrogens (primary N) is 1. The van der Waals surface area contributed by atoms with Crippen LogP contribution in [-0.4, -0.2) is 44.9 Å². The van der Waals surface area contributed by atoms with Crippen molar-refractivity contribution in [1.82, 2.24) is 19.9 Å². The van der Waals surface area contributed by atoms with Crippen molar-refractivity contribution in [2.24, 2.45) is 11.7 Å². The first-order valence-electron chi connectivity index (χ1n) is 10.7. The Morgan fingerprint density at radius 3 is 2.81 bits per heavy atom. The standard InChI is InChI=1S/C24H24N6O2/c1-15-6-18(25)12-30(11-15)21-4-5-26-8-16(21)7-22(31)20-2-3-23-24(29-20)19(13-32-23)17-9-27-14-28-10-17/h2-5,8-10,13-15,18H,6-7,11-12,25H2,1H3/t15-,18+/m1/s1. The second kappa shape index (κ2) is 8.47. The molecule has 0 aromatic carbocycles. The fraction of sp³-hybridized carbons (Fsp3) is 0.292. The lowest BCUT2D eigenvalue weighted by atomic mass is 9.95. The quantitative estimate of drug-likeness (QED) is 0.482. The molecule has 0 spiro atoms. The maximum atomic E-state index is 13.2. The van der Waals surface area contributed by atoms with Crippen LogP contribution in [0.15, 0.2) is 60.0 Å². The van der Waals surface area contributed by atoms with Crippen LogP contribution in [0, 0.1) is 5.92 Å². The Morgan fingerprint density at radius 2 is 2.00 bits per heavy atom. The van der Waals surface area contributed by atoms with Crippen LogP contribution in [0.4, 0.5) is 5.69 Å². The van der Waals surface area contributed by atoms with Gasteiger partial charge in [0.15, 0.2) is 11.4 Å². The third-order valence-electron chi connectivity index (χ3n) is 5.84. The SMILES string of the molecule is C[C@@H]1C[C@H](N)CN(c2ccncc2CC(=O)c2ccc3occ(-c4cncnc4)c3n2)C1. The van der Waals surface area contributed by atoms with E-state index in [9.17, 15) is 4.79 Å². The summed E-state index contributed by atoms with van der Waals surface area (Å²) in [5.41, 5.74) is 11.3.